The number of rotatable bonds is 2. The van der Waals surface area contributed by atoms with Gasteiger partial charge in [-0.15, -0.1) is 0 Å². The van der Waals surface area contributed by atoms with Crippen molar-refractivity contribution in [3.63, 3.8) is 0 Å². The Morgan fingerprint density at radius 3 is 1.85 bits per heavy atom. The fourth-order valence-corrected chi connectivity index (χ4v) is 6.47. The molecule has 0 atom stereocenters. The molecule has 3 aromatic heterocycles. The Kier molecular flexibility index (Phi) is 4.05. The molecule has 9 rings (SSSR count). The van der Waals surface area contributed by atoms with Crippen molar-refractivity contribution in [3.05, 3.63) is 133 Å². The van der Waals surface area contributed by atoms with E-state index in [1.165, 1.54) is 38.4 Å². The number of furan rings is 1. The van der Waals surface area contributed by atoms with E-state index in [0.717, 1.165) is 38.5 Å². The highest BCUT2D eigenvalue weighted by atomic mass is 16.3. The molecule has 0 amide bonds. The third-order valence-corrected chi connectivity index (χ3v) is 8.11. The third-order valence-electron chi connectivity index (χ3n) is 8.11. The summed E-state index contributed by atoms with van der Waals surface area (Å²) in [6.07, 6.45) is 0. The zero-order valence-electron chi connectivity index (χ0n) is 21.0. The molecule has 0 aliphatic carbocycles. The van der Waals surface area contributed by atoms with Crippen molar-refractivity contribution >= 4 is 65.6 Å². The van der Waals surface area contributed by atoms with Crippen molar-refractivity contribution in [1.82, 2.24) is 9.13 Å². The number of benzene rings is 6. The molecular weight excluding hydrogens is 476 g/mol. The second kappa shape index (κ2) is 7.62. The number of hydrogen-bond donors (Lipinski definition) is 0. The molecule has 0 spiro atoms. The highest BCUT2D eigenvalue weighted by molar-refractivity contribution is 6.24. The van der Waals surface area contributed by atoms with Gasteiger partial charge in [0.1, 0.15) is 11.2 Å². The van der Waals surface area contributed by atoms with E-state index in [9.17, 15) is 0 Å². The first-order valence-corrected chi connectivity index (χ1v) is 13.3. The second-order valence-corrected chi connectivity index (χ2v) is 10.2. The Balaban J connectivity index is 1.39. The van der Waals surface area contributed by atoms with Crippen LogP contribution in [0.3, 0.4) is 0 Å². The maximum atomic E-state index is 6.49. The lowest BCUT2D eigenvalue weighted by molar-refractivity contribution is 0.673. The molecule has 0 radical (unpaired) electrons. The fraction of sp³-hybridized carbons (Fsp3) is 0. The molecule has 0 N–H and O–H groups in total. The summed E-state index contributed by atoms with van der Waals surface area (Å²) in [5.74, 6) is 0. The summed E-state index contributed by atoms with van der Waals surface area (Å²) in [6, 6.07) is 47.5. The number of hydrogen-bond acceptors (Lipinski definition) is 1. The summed E-state index contributed by atoms with van der Waals surface area (Å²) in [5, 5.41) is 7.15. The lowest BCUT2D eigenvalue weighted by atomic mass is 10.1. The largest absolute Gasteiger partial charge is 0.455 e. The maximum absolute atomic E-state index is 6.49. The van der Waals surface area contributed by atoms with Gasteiger partial charge in [0.05, 0.1) is 27.5 Å². The van der Waals surface area contributed by atoms with Crippen molar-refractivity contribution in [3.8, 4) is 11.4 Å². The van der Waals surface area contributed by atoms with Gasteiger partial charge in [0, 0.05) is 38.3 Å². The quantitative estimate of drug-likeness (QED) is 0.233. The predicted octanol–water partition coefficient (Wildman–Crippen LogP) is 9.78. The van der Waals surface area contributed by atoms with Gasteiger partial charge in [-0.3, -0.25) is 0 Å². The van der Waals surface area contributed by atoms with Gasteiger partial charge >= 0.3 is 0 Å². The molecule has 0 bridgehead atoms. The minimum Gasteiger partial charge on any atom is -0.455 e. The number of fused-ring (bicyclic) bond motifs is 10. The van der Waals surface area contributed by atoms with E-state index in [0.29, 0.717) is 0 Å². The van der Waals surface area contributed by atoms with E-state index in [-0.39, 0.29) is 0 Å². The molecule has 3 heteroatoms. The van der Waals surface area contributed by atoms with Crippen LogP contribution in [0.1, 0.15) is 0 Å². The molecule has 9 aromatic rings. The first-order chi connectivity index (χ1) is 19.4. The summed E-state index contributed by atoms with van der Waals surface area (Å²) in [5.41, 5.74) is 8.91. The van der Waals surface area contributed by atoms with Crippen LogP contribution in [0.5, 0.6) is 0 Å². The van der Waals surface area contributed by atoms with Gasteiger partial charge in [0.25, 0.3) is 0 Å². The molecule has 3 heterocycles. The Morgan fingerprint density at radius 2 is 1.00 bits per heavy atom. The van der Waals surface area contributed by atoms with Crippen molar-refractivity contribution < 1.29 is 4.42 Å². The first-order valence-electron chi connectivity index (χ1n) is 13.3. The van der Waals surface area contributed by atoms with Crippen molar-refractivity contribution in [2.24, 2.45) is 0 Å². The van der Waals surface area contributed by atoms with Crippen LogP contribution >= 0.6 is 0 Å². The van der Waals surface area contributed by atoms with Gasteiger partial charge < -0.3 is 13.6 Å². The summed E-state index contributed by atoms with van der Waals surface area (Å²) in [6.45, 7) is 0. The zero-order chi connectivity index (χ0) is 25.5. The first kappa shape index (κ1) is 20.7. The number of nitrogens with zero attached hydrogens (tertiary/aromatic N) is 2. The van der Waals surface area contributed by atoms with Gasteiger partial charge in [-0.05, 0) is 60.7 Å². The molecule has 0 fully saturated rings. The van der Waals surface area contributed by atoms with E-state index in [1.807, 2.05) is 6.07 Å². The molecule has 0 aliphatic heterocycles. The highest BCUT2D eigenvalue weighted by Gasteiger charge is 2.19. The van der Waals surface area contributed by atoms with Crippen LogP contribution in [-0.2, 0) is 0 Å². The molecular formula is C36H22N2O. The van der Waals surface area contributed by atoms with Crippen LogP contribution in [0.25, 0.3) is 76.9 Å². The molecule has 3 nitrogen and oxygen atoms in total. The topological polar surface area (TPSA) is 23.0 Å². The smallest absolute Gasteiger partial charge is 0.145 e. The lowest BCUT2D eigenvalue weighted by Gasteiger charge is -2.10. The second-order valence-electron chi connectivity index (χ2n) is 10.2. The normalized spacial score (nSPS) is 12.1. The van der Waals surface area contributed by atoms with E-state index >= 15 is 0 Å². The fourth-order valence-electron chi connectivity index (χ4n) is 6.47. The number of para-hydroxylation sites is 4. The van der Waals surface area contributed by atoms with Crippen LogP contribution in [0.4, 0.5) is 0 Å². The van der Waals surface area contributed by atoms with Gasteiger partial charge in [0.2, 0.25) is 0 Å². The SMILES string of the molecule is c1ccc(-n2c3ccccc3c3cc(-n4c5ccccc5c5c6oc7ccccc7c6ccc54)ccc32)cc1. The molecule has 0 saturated heterocycles. The minimum atomic E-state index is 0.923. The van der Waals surface area contributed by atoms with Crippen molar-refractivity contribution in [1.29, 1.82) is 0 Å². The van der Waals surface area contributed by atoms with Gasteiger partial charge in [-0.25, -0.2) is 0 Å². The Hall–Kier alpha value is -5.28. The standard InChI is InChI=1S/C36H22N2O/c1-2-10-23(11-3-1)37-30-15-7-4-12-25(30)29-22-24(18-20-32(29)37)38-31-16-8-5-14-28(31)35-33(38)21-19-27-26-13-6-9-17-34(26)39-36(27)35/h1-22H. The number of aromatic nitrogens is 2. The van der Waals surface area contributed by atoms with Gasteiger partial charge in [-0.2, -0.15) is 0 Å². The average Bonchev–Trinajstić information content (AvgIpc) is 3.65. The summed E-state index contributed by atoms with van der Waals surface area (Å²) >= 11 is 0. The Morgan fingerprint density at radius 1 is 0.385 bits per heavy atom. The monoisotopic (exact) mass is 498 g/mol. The van der Waals surface area contributed by atoms with E-state index in [4.69, 9.17) is 4.42 Å². The van der Waals surface area contributed by atoms with Crippen LogP contribution in [0.15, 0.2) is 138 Å². The molecule has 0 unspecified atom stereocenters. The highest BCUT2D eigenvalue weighted by Crippen LogP contribution is 2.41. The van der Waals surface area contributed by atoms with Crippen LogP contribution in [0, 0.1) is 0 Å². The summed E-state index contributed by atoms with van der Waals surface area (Å²) in [7, 11) is 0. The van der Waals surface area contributed by atoms with E-state index in [1.54, 1.807) is 0 Å². The average molecular weight is 499 g/mol. The van der Waals surface area contributed by atoms with Gasteiger partial charge in [-0.1, -0.05) is 72.8 Å². The lowest BCUT2D eigenvalue weighted by Crippen LogP contribution is -1.95. The summed E-state index contributed by atoms with van der Waals surface area (Å²) in [4.78, 5) is 0. The van der Waals surface area contributed by atoms with Crippen molar-refractivity contribution in [2.45, 2.75) is 0 Å². The van der Waals surface area contributed by atoms with Crippen LogP contribution < -0.4 is 0 Å². The maximum Gasteiger partial charge on any atom is 0.145 e. The Bertz CT molecular complexity index is 2390. The molecule has 182 valence electrons. The zero-order valence-corrected chi connectivity index (χ0v) is 21.0. The van der Waals surface area contributed by atoms with Crippen LogP contribution in [-0.4, -0.2) is 9.13 Å². The van der Waals surface area contributed by atoms with E-state index in [2.05, 4.69) is 137 Å². The van der Waals surface area contributed by atoms with Gasteiger partial charge in [0.15, 0.2) is 0 Å². The predicted molar refractivity (Wildman–Crippen MR) is 162 cm³/mol. The van der Waals surface area contributed by atoms with Crippen molar-refractivity contribution in [2.75, 3.05) is 0 Å². The third kappa shape index (κ3) is 2.76. The Labute approximate surface area is 223 Å². The molecule has 39 heavy (non-hydrogen) atoms. The van der Waals surface area contributed by atoms with Crippen LogP contribution in [0.2, 0.25) is 0 Å². The molecule has 0 saturated carbocycles. The summed E-state index contributed by atoms with van der Waals surface area (Å²) < 4.78 is 11.2. The molecule has 6 aromatic carbocycles. The minimum absolute atomic E-state index is 0.923. The molecule has 0 aliphatic rings. The van der Waals surface area contributed by atoms with E-state index < -0.39 is 0 Å².